The van der Waals surface area contributed by atoms with Gasteiger partial charge in [-0.2, -0.15) is 0 Å². The molecule has 11 heavy (non-hydrogen) atoms. The fraction of sp³-hybridized carbons (Fsp3) is 0.333. The predicted octanol–water partition coefficient (Wildman–Crippen LogP) is 1.30. The fourth-order valence-electron chi connectivity index (χ4n) is 1.29. The number of nitrogens with one attached hydrogen (secondary N) is 1. The molecule has 1 heterocycles. The molecule has 1 aromatic carbocycles. The van der Waals surface area contributed by atoms with Crippen molar-refractivity contribution in [3.8, 4) is 0 Å². The molecule has 1 saturated heterocycles. The van der Waals surface area contributed by atoms with Gasteiger partial charge in [0.25, 0.3) is 0 Å². The third kappa shape index (κ3) is 1.42. The normalized spacial score (nSPS) is 23.8. The van der Waals surface area contributed by atoms with Gasteiger partial charge in [0, 0.05) is 0 Å². The standard InChI is InChI=1S/C9H11NO/c1-2-4-8(5-3-1)9-6-11-7-10-9/h1-5,9-10H,6-7H2/t9-/m0/s1. The minimum absolute atomic E-state index is 0.399. The number of hydrogen-bond donors (Lipinski definition) is 1. The Hall–Kier alpha value is -0.860. The van der Waals surface area contributed by atoms with E-state index in [1.807, 2.05) is 6.07 Å². The second-order valence-corrected chi connectivity index (χ2v) is 2.68. The summed E-state index contributed by atoms with van der Waals surface area (Å²) in [6.07, 6.45) is 0. The van der Waals surface area contributed by atoms with E-state index in [0.717, 1.165) is 6.61 Å². The lowest BCUT2D eigenvalue weighted by atomic mass is 10.1. The van der Waals surface area contributed by atoms with Crippen LogP contribution < -0.4 is 5.32 Å². The molecule has 0 unspecified atom stereocenters. The first-order valence-corrected chi connectivity index (χ1v) is 3.83. The average Bonchev–Trinajstić information content (AvgIpc) is 2.58. The molecule has 2 heteroatoms. The molecule has 0 amide bonds. The molecule has 0 saturated carbocycles. The van der Waals surface area contributed by atoms with Crippen molar-refractivity contribution >= 4 is 0 Å². The highest BCUT2D eigenvalue weighted by Crippen LogP contribution is 2.15. The highest BCUT2D eigenvalue weighted by atomic mass is 16.5. The number of benzene rings is 1. The number of ether oxygens (including phenoxy) is 1. The molecular weight excluding hydrogens is 138 g/mol. The summed E-state index contributed by atoms with van der Waals surface area (Å²) in [7, 11) is 0. The zero-order chi connectivity index (χ0) is 7.52. The molecule has 0 aliphatic carbocycles. The van der Waals surface area contributed by atoms with Crippen molar-refractivity contribution in [3.63, 3.8) is 0 Å². The van der Waals surface area contributed by atoms with E-state index in [2.05, 4.69) is 29.6 Å². The minimum atomic E-state index is 0.399. The summed E-state index contributed by atoms with van der Waals surface area (Å²) in [6, 6.07) is 10.8. The summed E-state index contributed by atoms with van der Waals surface area (Å²) in [5.74, 6) is 0. The van der Waals surface area contributed by atoms with Crippen molar-refractivity contribution < 1.29 is 4.74 Å². The van der Waals surface area contributed by atoms with Crippen molar-refractivity contribution in [2.24, 2.45) is 0 Å². The zero-order valence-corrected chi connectivity index (χ0v) is 6.29. The first kappa shape index (κ1) is 6.83. The van der Waals surface area contributed by atoms with Crippen molar-refractivity contribution in [1.29, 1.82) is 0 Å². The van der Waals surface area contributed by atoms with Gasteiger partial charge < -0.3 is 4.74 Å². The molecule has 0 aromatic heterocycles. The van der Waals surface area contributed by atoms with Crippen LogP contribution in [0.1, 0.15) is 11.6 Å². The zero-order valence-electron chi connectivity index (χ0n) is 6.29. The molecule has 1 aliphatic rings. The van der Waals surface area contributed by atoms with Crippen LogP contribution >= 0.6 is 0 Å². The molecule has 1 aromatic rings. The highest BCUT2D eigenvalue weighted by molar-refractivity contribution is 5.19. The van der Waals surface area contributed by atoms with Crippen molar-refractivity contribution in [2.45, 2.75) is 6.04 Å². The van der Waals surface area contributed by atoms with Crippen molar-refractivity contribution in [1.82, 2.24) is 5.32 Å². The second-order valence-electron chi connectivity index (χ2n) is 2.68. The summed E-state index contributed by atoms with van der Waals surface area (Å²) in [6.45, 7) is 1.48. The molecule has 0 radical (unpaired) electrons. The lowest BCUT2D eigenvalue weighted by Gasteiger charge is -2.06. The molecule has 1 atom stereocenters. The van der Waals surface area contributed by atoms with E-state index in [1.54, 1.807) is 0 Å². The Morgan fingerprint density at radius 2 is 2.09 bits per heavy atom. The van der Waals surface area contributed by atoms with Crippen LogP contribution in [0.4, 0.5) is 0 Å². The monoisotopic (exact) mass is 149 g/mol. The Balaban J connectivity index is 2.16. The first-order valence-electron chi connectivity index (χ1n) is 3.83. The third-order valence-electron chi connectivity index (χ3n) is 1.92. The molecule has 1 aliphatic heterocycles. The van der Waals surface area contributed by atoms with Gasteiger partial charge in [0.2, 0.25) is 0 Å². The molecule has 2 nitrogen and oxygen atoms in total. The van der Waals surface area contributed by atoms with Gasteiger partial charge in [-0.05, 0) is 5.56 Å². The maximum atomic E-state index is 5.20. The van der Waals surface area contributed by atoms with Gasteiger partial charge in [0.15, 0.2) is 0 Å². The average molecular weight is 149 g/mol. The Morgan fingerprint density at radius 3 is 2.73 bits per heavy atom. The van der Waals surface area contributed by atoms with E-state index in [1.165, 1.54) is 5.56 Å². The Morgan fingerprint density at radius 1 is 1.27 bits per heavy atom. The van der Waals surface area contributed by atoms with E-state index < -0.39 is 0 Å². The van der Waals surface area contributed by atoms with Gasteiger partial charge in [-0.15, -0.1) is 0 Å². The van der Waals surface area contributed by atoms with E-state index in [0.29, 0.717) is 12.8 Å². The Labute approximate surface area is 66.2 Å². The van der Waals surface area contributed by atoms with Gasteiger partial charge >= 0.3 is 0 Å². The maximum absolute atomic E-state index is 5.20. The molecule has 2 rings (SSSR count). The maximum Gasteiger partial charge on any atom is 0.0971 e. The molecule has 0 bridgehead atoms. The van der Waals surface area contributed by atoms with E-state index in [-0.39, 0.29) is 0 Å². The minimum Gasteiger partial charge on any atom is -0.364 e. The quantitative estimate of drug-likeness (QED) is 0.650. The van der Waals surface area contributed by atoms with Crippen LogP contribution in [0, 0.1) is 0 Å². The van der Waals surface area contributed by atoms with E-state index >= 15 is 0 Å². The smallest absolute Gasteiger partial charge is 0.0971 e. The summed E-state index contributed by atoms with van der Waals surface area (Å²) in [5, 5.41) is 3.25. The highest BCUT2D eigenvalue weighted by Gasteiger charge is 2.15. The van der Waals surface area contributed by atoms with Crippen LogP contribution in [0.25, 0.3) is 0 Å². The van der Waals surface area contributed by atoms with Crippen molar-refractivity contribution in [2.75, 3.05) is 13.3 Å². The van der Waals surface area contributed by atoms with Gasteiger partial charge in [-0.1, -0.05) is 30.3 Å². The van der Waals surface area contributed by atoms with Crippen LogP contribution in [0.2, 0.25) is 0 Å². The van der Waals surface area contributed by atoms with E-state index in [9.17, 15) is 0 Å². The van der Waals surface area contributed by atoms with Crippen LogP contribution in [-0.4, -0.2) is 13.3 Å². The number of rotatable bonds is 1. The Bertz CT molecular complexity index is 216. The first-order chi connectivity index (χ1) is 5.47. The van der Waals surface area contributed by atoms with E-state index in [4.69, 9.17) is 4.74 Å². The van der Waals surface area contributed by atoms with Gasteiger partial charge in [0.05, 0.1) is 19.4 Å². The largest absolute Gasteiger partial charge is 0.364 e. The van der Waals surface area contributed by atoms with Gasteiger partial charge in [0.1, 0.15) is 0 Å². The molecule has 58 valence electrons. The summed E-state index contributed by atoms with van der Waals surface area (Å²) in [5.41, 5.74) is 1.31. The predicted molar refractivity (Wildman–Crippen MR) is 43.1 cm³/mol. The lowest BCUT2D eigenvalue weighted by molar-refractivity contribution is 0.189. The second kappa shape index (κ2) is 3.03. The lowest BCUT2D eigenvalue weighted by Crippen LogP contribution is -2.14. The number of hydrogen-bond acceptors (Lipinski definition) is 2. The third-order valence-corrected chi connectivity index (χ3v) is 1.92. The van der Waals surface area contributed by atoms with Crippen LogP contribution in [-0.2, 0) is 4.74 Å². The summed E-state index contributed by atoms with van der Waals surface area (Å²) < 4.78 is 5.20. The fourth-order valence-corrected chi connectivity index (χ4v) is 1.29. The molecule has 0 spiro atoms. The van der Waals surface area contributed by atoms with Crippen LogP contribution in [0.5, 0.6) is 0 Å². The topological polar surface area (TPSA) is 21.3 Å². The Kier molecular flexibility index (Phi) is 1.88. The summed E-state index contributed by atoms with van der Waals surface area (Å²) >= 11 is 0. The van der Waals surface area contributed by atoms with Gasteiger partial charge in [-0.3, -0.25) is 5.32 Å². The van der Waals surface area contributed by atoms with Crippen LogP contribution in [0.15, 0.2) is 30.3 Å². The van der Waals surface area contributed by atoms with Crippen LogP contribution in [0.3, 0.4) is 0 Å². The summed E-state index contributed by atoms with van der Waals surface area (Å²) in [4.78, 5) is 0. The molecule has 1 fully saturated rings. The SMILES string of the molecule is c1ccc([C@@H]2COCN2)cc1. The molecule has 1 N–H and O–H groups in total. The van der Waals surface area contributed by atoms with Gasteiger partial charge in [-0.25, -0.2) is 0 Å². The van der Waals surface area contributed by atoms with Crippen molar-refractivity contribution in [3.05, 3.63) is 35.9 Å². The molecular formula is C9H11NO.